The lowest BCUT2D eigenvalue weighted by Gasteiger charge is -2.09. The first-order chi connectivity index (χ1) is 13.9. The van der Waals surface area contributed by atoms with Gasteiger partial charge in [0.25, 0.3) is 0 Å². The largest absolute Gasteiger partial charge is 0.0654 e. The average Bonchev–Trinajstić information content (AvgIpc) is 2.73. The van der Waals surface area contributed by atoms with E-state index in [2.05, 4.69) is 61.5 Å². The van der Waals surface area contributed by atoms with Gasteiger partial charge in [-0.2, -0.15) is 0 Å². The summed E-state index contributed by atoms with van der Waals surface area (Å²) in [6, 6.07) is 20.3. The molecule has 0 aliphatic rings. The Morgan fingerprint density at radius 2 is 1.04 bits per heavy atom. The fourth-order valence-electron chi connectivity index (χ4n) is 4.41. The second kappa shape index (κ2) is 11.9. The highest BCUT2D eigenvalue weighted by atomic mass is 14.1. The van der Waals surface area contributed by atoms with Gasteiger partial charge in [-0.1, -0.05) is 120 Å². The standard InChI is InChI=1S/C28H38/c1-2-3-4-5-6-7-8-9-10-11-12-13-17-24-20-16-21-27-22-25-18-14-15-19-26(25)23-28(24)27/h14-16,18-23H,2-13,17H2,1H3. The van der Waals surface area contributed by atoms with Gasteiger partial charge in [0, 0.05) is 0 Å². The van der Waals surface area contributed by atoms with E-state index < -0.39 is 0 Å². The van der Waals surface area contributed by atoms with E-state index in [4.69, 9.17) is 0 Å². The molecule has 0 aromatic heterocycles. The molecule has 0 amide bonds. The van der Waals surface area contributed by atoms with Crippen LogP contribution in [0.2, 0.25) is 0 Å². The molecule has 0 bridgehead atoms. The van der Waals surface area contributed by atoms with Gasteiger partial charge in [-0.3, -0.25) is 0 Å². The molecule has 3 aromatic rings. The monoisotopic (exact) mass is 374 g/mol. The molecule has 150 valence electrons. The molecule has 3 aromatic carbocycles. The lowest BCUT2D eigenvalue weighted by atomic mass is 9.96. The third kappa shape index (κ3) is 6.36. The Morgan fingerprint density at radius 1 is 0.500 bits per heavy atom. The molecule has 0 spiro atoms. The van der Waals surface area contributed by atoms with E-state index in [1.165, 1.54) is 111 Å². The fourth-order valence-corrected chi connectivity index (χ4v) is 4.41. The van der Waals surface area contributed by atoms with Crippen LogP contribution in [0.4, 0.5) is 0 Å². The van der Waals surface area contributed by atoms with Crippen molar-refractivity contribution in [1.29, 1.82) is 0 Å². The highest BCUT2D eigenvalue weighted by Crippen LogP contribution is 2.26. The topological polar surface area (TPSA) is 0 Å². The summed E-state index contributed by atoms with van der Waals surface area (Å²) < 4.78 is 0. The number of hydrogen-bond acceptors (Lipinski definition) is 0. The summed E-state index contributed by atoms with van der Waals surface area (Å²) in [6.07, 6.45) is 18.2. The molecular weight excluding hydrogens is 336 g/mol. The lowest BCUT2D eigenvalue weighted by molar-refractivity contribution is 0.544. The normalized spacial score (nSPS) is 11.5. The van der Waals surface area contributed by atoms with Crippen LogP contribution in [0.1, 0.15) is 89.5 Å². The highest BCUT2D eigenvalue weighted by molar-refractivity contribution is 5.99. The molecule has 0 unspecified atom stereocenters. The first kappa shape index (κ1) is 20.9. The van der Waals surface area contributed by atoms with E-state index in [9.17, 15) is 0 Å². The molecule has 0 saturated carbocycles. The predicted octanol–water partition coefficient (Wildman–Crippen LogP) is 9.24. The van der Waals surface area contributed by atoms with Crippen molar-refractivity contribution in [3.63, 3.8) is 0 Å². The van der Waals surface area contributed by atoms with Gasteiger partial charge < -0.3 is 0 Å². The quantitative estimate of drug-likeness (QED) is 0.206. The Morgan fingerprint density at radius 3 is 1.68 bits per heavy atom. The van der Waals surface area contributed by atoms with E-state index in [-0.39, 0.29) is 0 Å². The van der Waals surface area contributed by atoms with Crippen molar-refractivity contribution in [1.82, 2.24) is 0 Å². The number of aryl methyl sites for hydroxylation is 1. The minimum absolute atomic E-state index is 1.22. The van der Waals surface area contributed by atoms with Gasteiger partial charge in [0.05, 0.1) is 0 Å². The number of unbranched alkanes of at least 4 members (excludes halogenated alkanes) is 11. The molecule has 28 heavy (non-hydrogen) atoms. The summed E-state index contributed by atoms with van der Waals surface area (Å²) in [5.74, 6) is 0. The number of rotatable bonds is 13. The lowest BCUT2D eigenvalue weighted by Crippen LogP contribution is -1.89. The van der Waals surface area contributed by atoms with Gasteiger partial charge in [-0.15, -0.1) is 0 Å². The first-order valence-corrected chi connectivity index (χ1v) is 11.8. The molecule has 3 rings (SSSR count). The molecular formula is C28H38. The van der Waals surface area contributed by atoms with Gasteiger partial charge in [0.1, 0.15) is 0 Å². The molecule has 0 saturated heterocycles. The Hall–Kier alpha value is -1.82. The summed E-state index contributed by atoms with van der Waals surface area (Å²) in [4.78, 5) is 0. The van der Waals surface area contributed by atoms with Crippen molar-refractivity contribution in [2.45, 2.75) is 90.4 Å². The van der Waals surface area contributed by atoms with Crippen LogP contribution in [0.3, 0.4) is 0 Å². The van der Waals surface area contributed by atoms with Crippen molar-refractivity contribution in [2.24, 2.45) is 0 Å². The second-order valence-corrected chi connectivity index (χ2v) is 8.48. The van der Waals surface area contributed by atoms with Gasteiger partial charge in [-0.05, 0) is 52.1 Å². The molecule has 0 fully saturated rings. The summed E-state index contributed by atoms with van der Waals surface area (Å²) in [6.45, 7) is 2.29. The van der Waals surface area contributed by atoms with Crippen LogP contribution < -0.4 is 0 Å². The molecule has 0 aliphatic carbocycles. The molecule has 0 atom stereocenters. The van der Waals surface area contributed by atoms with E-state index in [0.717, 1.165) is 0 Å². The van der Waals surface area contributed by atoms with E-state index in [1.54, 1.807) is 0 Å². The summed E-state index contributed by atoms with van der Waals surface area (Å²) in [5.41, 5.74) is 1.52. The van der Waals surface area contributed by atoms with E-state index in [1.807, 2.05) is 0 Å². The van der Waals surface area contributed by atoms with Gasteiger partial charge >= 0.3 is 0 Å². The zero-order valence-corrected chi connectivity index (χ0v) is 17.9. The Balaban J connectivity index is 1.36. The van der Waals surface area contributed by atoms with E-state index in [0.29, 0.717) is 0 Å². The maximum Gasteiger partial charge on any atom is -0.0146 e. The first-order valence-electron chi connectivity index (χ1n) is 11.8. The fraction of sp³-hybridized carbons (Fsp3) is 0.500. The Labute approximate surface area is 172 Å². The number of fused-ring (bicyclic) bond motifs is 2. The maximum atomic E-state index is 2.39. The molecule has 0 heterocycles. The van der Waals surface area contributed by atoms with Gasteiger partial charge in [0.15, 0.2) is 0 Å². The summed E-state index contributed by atoms with van der Waals surface area (Å²) in [7, 11) is 0. The van der Waals surface area contributed by atoms with Crippen molar-refractivity contribution < 1.29 is 0 Å². The smallest absolute Gasteiger partial charge is 0.0146 e. The maximum absolute atomic E-state index is 2.39. The van der Waals surface area contributed by atoms with Crippen LogP contribution in [-0.4, -0.2) is 0 Å². The summed E-state index contributed by atoms with van der Waals surface area (Å²) >= 11 is 0. The molecule has 0 radical (unpaired) electrons. The van der Waals surface area contributed by atoms with Crippen molar-refractivity contribution in [3.8, 4) is 0 Å². The third-order valence-corrected chi connectivity index (χ3v) is 6.14. The minimum Gasteiger partial charge on any atom is -0.0654 e. The van der Waals surface area contributed by atoms with Crippen LogP contribution in [0, 0.1) is 0 Å². The zero-order valence-electron chi connectivity index (χ0n) is 17.9. The van der Waals surface area contributed by atoms with Crippen LogP contribution in [0.15, 0.2) is 54.6 Å². The molecule has 0 nitrogen and oxygen atoms in total. The molecule has 0 N–H and O–H groups in total. The van der Waals surface area contributed by atoms with E-state index >= 15 is 0 Å². The Kier molecular flexibility index (Phi) is 8.88. The second-order valence-electron chi connectivity index (χ2n) is 8.48. The van der Waals surface area contributed by atoms with Crippen LogP contribution in [0.5, 0.6) is 0 Å². The molecule has 0 heteroatoms. The third-order valence-electron chi connectivity index (χ3n) is 6.14. The Bertz CT molecular complexity index is 830. The van der Waals surface area contributed by atoms with Crippen molar-refractivity contribution in [3.05, 3.63) is 60.2 Å². The minimum atomic E-state index is 1.22. The zero-order chi connectivity index (χ0) is 19.4. The number of hydrogen-bond donors (Lipinski definition) is 0. The van der Waals surface area contributed by atoms with Crippen molar-refractivity contribution >= 4 is 21.5 Å². The van der Waals surface area contributed by atoms with Crippen LogP contribution in [0.25, 0.3) is 21.5 Å². The van der Waals surface area contributed by atoms with Gasteiger partial charge in [-0.25, -0.2) is 0 Å². The summed E-state index contributed by atoms with van der Waals surface area (Å²) in [5, 5.41) is 5.54. The number of benzene rings is 3. The average molecular weight is 375 g/mol. The van der Waals surface area contributed by atoms with Crippen molar-refractivity contribution in [2.75, 3.05) is 0 Å². The molecule has 0 aliphatic heterocycles. The van der Waals surface area contributed by atoms with Crippen LogP contribution in [-0.2, 0) is 6.42 Å². The highest BCUT2D eigenvalue weighted by Gasteiger charge is 2.03. The van der Waals surface area contributed by atoms with Crippen LogP contribution >= 0.6 is 0 Å². The predicted molar refractivity (Wildman–Crippen MR) is 126 cm³/mol. The SMILES string of the molecule is CCCCCCCCCCCCCCc1cccc2cc3ccccc3cc12. The van der Waals surface area contributed by atoms with Gasteiger partial charge in [0.2, 0.25) is 0 Å².